The summed E-state index contributed by atoms with van der Waals surface area (Å²) in [6.45, 7) is 0. The molecule has 8 bridgehead atoms. The third-order valence-corrected chi connectivity index (χ3v) is 9.32. The molecule has 49 heavy (non-hydrogen) atoms. The molecule has 0 saturated carbocycles. The standard InChI is InChI=1S/C44H30N4O/c49-43-39-28-36-24-23-34(46-36)25-33-21-22-35(45-33)26-37-27-38(29-13-5-1-6-14-29)41(47-37)40(30-15-7-2-8-16-30)42(48-39)44(43,31-17-9-3-10-18-31)32-19-11-4-12-20-32/h1-28,47,49H. The van der Waals surface area contributed by atoms with E-state index in [9.17, 15) is 5.11 Å². The van der Waals surface area contributed by atoms with Gasteiger partial charge in [-0.1, -0.05) is 121 Å². The average Bonchev–Trinajstić information content (AvgIpc) is 3.95. The highest BCUT2D eigenvalue weighted by Crippen LogP contribution is 2.48. The number of H-pyrrole nitrogens is 1. The predicted molar refractivity (Wildman–Crippen MR) is 199 cm³/mol. The van der Waals surface area contributed by atoms with Gasteiger partial charge in [-0.15, -0.1) is 0 Å². The molecule has 5 aromatic rings. The van der Waals surface area contributed by atoms with Crippen LogP contribution in [0.5, 0.6) is 0 Å². The van der Waals surface area contributed by atoms with E-state index in [1.807, 2.05) is 97.1 Å². The highest BCUT2D eigenvalue weighted by molar-refractivity contribution is 6.32. The minimum atomic E-state index is -1.14. The molecule has 9 rings (SSSR count). The van der Waals surface area contributed by atoms with Crippen LogP contribution in [0.25, 0.3) is 22.8 Å². The lowest BCUT2D eigenvalue weighted by Crippen LogP contribution is -2.40. The van der Waals surface area contributed by atoms with Crippen molar-refractivity contribution in [1.29, 1.82) is 0 Å². The smallest absolute Gasteiger partial charge is 0.139 e. The first kappa shape index (κ1) is 28.6. The van der Waals surface area contributed by atoms with Gasteiger partial charge in [-0.2, -0.15) is 0 Å². The van der Waals surface area contributed by atoms with Gasteiger partial charge in [0.1, 0.15) is 16.9 Å². The molecule has 0 unspecified atom stereocenters. The third kappa shape index (κ3) is 4.83. The molecule has 1 aromatic heterocycles. The van der Waals surface area contributed by atoms with Crippen LogP contribution in [0.2, 0.25) is 0 Å². The van der Waals surface area contributed by atoms with Crippen LogP contribution >= 0.6 is 0 Å². The maximum Gasteiger partial charge on any atom is 0.139 e. The van der Waals surface area contributed by atoms with Gasteiger partial charge in [0, 0.05) is 16.5 Å². The lowest BCUT2D eigenvalue weighted by Gasteiger charge is -2.34. The molecule has 0 radical (unpaired) electrons. The number of aliphatic hydroxyl groups is 1. The zero-order valence-corrected chi connectivity index (χ0v) is 26.5. The second-order valence-corrected chi connectivity index (χ2v) is 12.3. The van der Waals surface area contributed by atoms with E-state index in [4.69, 9.17) is 15.0 Å². The molecule has 0 spiro atoms. The van der Waals surface area contributed by atoms with Crippen LogP contribution in [-0.4, -0.2) is 27.2 Å². The molecule has 0 fully saturated rings. The lowest BCUT2D eigenvalue weighted by molar-refractivity contribution is 0.361. The minimum Gasteiger partial charge on any atom is -0.508 e. The Balaban J connectivity index is 1.49. The van der Waals surface area contributed by atoms with E-state index in [-0.39, 0.29) is 5.76 Å². The van der Waals surface area contributed by atoms with Gasteiger partial charge in [-0.25, -0.2) is 15.0 Å². The number of hydrogen-bond donors (Lipinski definition) is 2. The molecule has 0 amide bonds. The minimum absolute atomic E-state index is 0.146. The summed E-state index contributed by atoms with van der Waals surface area (Å²) in [5, 5.41) is 14.6. The van der Waals surface area contributed by atoms with Crippen LogP contribution in [0.4, 0.5) is 0 Å². The highest BCUT2D eigenvalue weighted by atomic mass is 16.3. The molecule has 4 aromatic carbocycles. The molecule has 4 aliphatic rings. The van der Waals surface area contributed by atoms with Crippen molar-refractivity contribution in [3.63, 3.8) is 0 Å². The van der Waals surface area contributed by atoms with Crippen LogP contribution in [0.1, 0.15) is 16.7 Å². The number of allylic oxidation sites excluding steroid dienone is 7. The van der Waals surface area contributed by atoms with Crippen LogP contribution in [-0.2, 0) is 5.41 Å². The molecule has 232 valence electrons. The number of aliphatic imine (C=N–C) groups is 3. The number of aromatic nitrogens is 1. The van der Waals surface area contributed by atoms with Crippen molar-refractivity contribution < 1.29 is 5.11 Å². The van der Waals surface area contributed by atoms with Gasteiger partial charge in [0.25, 0.3) is 0 Å². The van der Waals surface area contributed by atoms with Crippen LogP contribution < -0.4 is 10.7 Å². The molecule has 2 N–H and O–H groups in total. The molecule has 5 heterocycles. The normalized spacial score (nSPS) is 17.3. The number of aliphatic hydroxyl groups excluding tert-OH is 1. The van der Waals surface area contributed by atoms with Crippen molar-refractivity contribution in [3.8, 4) is 11.1 Å². The van der Waals surface area contributed by atoms with Gasteiger partial charge in [0.05, 0.1) is 33.9 Å². The summed E-state index contributed by atoms with van der Waals surface area (Å²) < 4.78 is 0. The Morgan fingerprint density at radius 3 is 1.67 bits per heavy atom. The van der Waals surface area contributed by atoms with E-state index in [0.29, 0.717) is 17.1 Å². The van der Waals surface area contributed by atoms with E-state index in [1.54, 1.807) is 0 Å². The van der Waals surface area contributed by atoms with Crippen molar-refractivity contribution in [2.75, 3.05) is 0 Å². The second-order valence-electron chi connectivity index (χ2n) is 12.3. The number of fused-ring (bicyclic) bond motifs is 5. The van der Waals surface area contributed by atoms with Gasteiger partial charge in [-0.05, 0) is 70.9 Å². The maximum absolute atomic E-state index is 12.8. The van der Waals surface area contributed by atoms with Crippen molar-refractivity contribution in [2.24, 2.45) is 15.0 Å². The first-order chi connectivity index (χ1) is 24.2. The molecule has 5 nitrogen and oxygen atoms in total. The topological polar surface area (TPSA) is 73.1 Å². The van der Waals surface area contributed by atoms with Crippen molar-refractivity contribution in [2.45, 2.75) is 5.41 Å². The number of benzene rings is 4. The summed E-state index contributed by atoms with van der Waals surface area (Å²) in [4.78, 5) is 19.0. The van der Waals surface area contributed by atoms with Gasteiger partial charge in [-0.3, -0.25) is 0 Å². The molecule has 4 aliphatic heterocycles. The first-order valence-corrected chi connectivity index (χ1v) is 16.3. The van der Waals surface area contributed by atoms with Crippen LogP contribution in [0, 0.1) is 0 Å². The van der Waals surface area contributed by atoms with Crippen molar-refractivity contribution in [3.05, 3.63) is 214 Å². The van der Waals surface area contributed by atoms with E-state index in [0.717, 1.165) is 61.2 Å². The molecular formula is C44H30N4O. The quantitative estimate of drug-likeness (QED) is 0.210. The summed E-state index contributed by atoms with van der Waals surface area (Å²) in [5.74, 6) is 0.146. The number of nitrogens with one attached hydrogen (secondary N) is 1. The van der Waals surface area contributed by atoms with Crippen LogP contribution in [0.15, 0.2) is 202 Å². The Hall–Kier alpha value is -6.59. The Labute approximate surface area is 283 Å². The fourth-order valence-electron chi connectivity index (χ4n) is 7.16. The number of rotatable bonds is 4. The SMILES string of the molecule is OC1=C2C=C3C=CC(=N3)C=C3C=CC(=N3)C=c3cc(-c4ccccc4)c([nH]3)=C(c3ccccc3)C(=N2)C1(c1ccccc1)c1ccccc1. The summed E-state index contributed by atoms with van der Waals surface area (Å²) in [6.07, 6.45) is 13.9. The molecule has 0 aliphatic carbocycles. The van der Waals surface area contributed by atoms with Crippen molar-refractivity contribution >= 4 is 28.8 Å². The highest BCUT2D eigenvalue weighted by Gasteiger charge is 2.50. The zero-order chi connectivity index (χ0) is 32.8. The van der Waals surface area contributed by atoms with Gasteiger partial charge in [0.2, 0.25) is 0 Å². The van der Waals surface area contributed by atoms with Gasteiger partial charge in [0.15, 0.2) is 0 Å². The van der Waals surface area contributed by atoms with E-state index in [1.165, 1.54) is 0 Å². The summed E-state index contributed by atoms with van der Waals surface area (Å²) >= 11 is 0. The average molecular weight is 631 g/mol. The predicted octanol–water partition coefficient (Wildman–Crippen LogP) is 7.67. The second kappa shape index (κ2) is 11.6. The van der Waals surface area contributed by atoms with E-state index < -0.39 is 5.41 Å². The molecule has 0 atom stereocenters. The molecule has 0 saturated heterocycles. The lowest BCUT2D eigenvalue weighted by atomic mass is 9.67. The number of aromatic amines is 1. The fraction of sp³-hybridized carbons (Fsp3) is 0.0227. The summed E-state index contributed by atoms with van der Waals surface area (Å²) in [6, 6.07) is 43.3. The number of hydrogen-bond acceptors (Lipinski definition) is 4. The Morgan fingerprint density at radius 1 is 0.531 bits per heavy atom. The fourth-order valence-corrected chi connectivity index (χ4v) is 7.16. The van der Waals surface area contributed by atoms with Crippen molar-refractivity contribution in [1.82, 2.24) is 4.98 Å². The molecule has 5 heteroatoms. The number of nitrogens with zero attached hydrogens (tertiary/aromatic N) is 3. The Kier molecular flexibility index (Phi) is 6.76. The molecular weight excluding hydrogens is 601 g/mol. The Bertz CT molecular complexity index is 2470. The first-order valence-electron chi connectivity index (χ1n) is 16.3. The van der Waals surface area contributed by atoms with E-state index in [2.05, 4.69) is 77.8 Å². The maximum atomic E-state index is 12.8. The van der Waals surface area contributed by atoms with Gasteiger partial charge < -0.3 is 10.1 Å². The monoisotopic (exact) mass is 630 g/mol. The van der Waals surface area contributed by atoms with E-state index >= 15 is 0 Å². The van der Waals surface area contributed by atoms with Gasteiger partial charge >= 0.3 is 0 Å². The largest absolute Gasteiger partial charge is 0.508 e. The third-order valence-electron chi connectivity index (χ3n) is 9.32. The summed E-state index contributed by atoms with van der Waals surface area (Å²) in [7, 11) is 0. The summed E-state index contributed by atoms with van der Waals surface area (Å²) in [5.41, 5.74) is 8.93. The van der Waals surface area contributed by atoms with Crippen LogP contribution in [0.3, 0.4) is 0 Å². The zero-order valence-electron chi connectivity index (χ0n) is 26.5. The Morgan fingerprint density at radius 2 is 1.06 bits per heavy atom.